The molecule has 0 amide bonds. The van der Waals surface area contributed by atoms with Crippen molar-refractivity contribution in [3.63, 3.8) is 0 Å². The number of rotatable bonds is 7. The van der Waals surface area contributed by atoms with Gasteiger partial charge in [0.25, 0.3) is 5.88 Å². The number of aromatic nitrogens is 2. The van der Waals surface area contributed by atoms with Crippen LogP contribution in [-0.4, -0.2) is 55.0 Å². The number of hydrogen-bond acceptors (Lipinski definition) is 7. The molecule has 2 aliphatic heterocycles. The van der Waals surface area contributed by atoms with E-state index in [2.05, 4.69) is 58.4 Å². The monoisotopic (exact) mass is 443 g/mol. The summed E-state index contributed by atoms with van der Waals surface area (Å²) in [6, 6.07) is 8.08. The maximum atomic E-state index is 14.2. The van der Waals surface area contributed by atoms with Gasteiger partial charge in [0, 0.05) is 24.5 Å². The van der Waals surface area contributed by atoms with Gasteiger partial charge in [0.15, 0.2) is 0 Å². The Kier molecular flexibility index (Phi) is 7.42. The van der Waals surface area contributed by atoms with Crippen molar-refractivity contribution in [1.29, 1.82) is 0 Å². The molecule has 2 aliphatic rings. The summed E-state index contributed by atoms with van der Waals surface area (Å²) in [5.41, 5.74) is 1.98. The predicted octanol–water partition coefficient (Wildman–Crippen LogP) is 3.99. The Morgan fingerprint density at radius 2 is 1.94 bits per heavy atom. The normalized spacial score (nSPS) is 26.1. The zero-order valence-corrected chi connectivity index (χ0v) is 19.2. The summed E-state index contributed by atoms with van der Waals surface area (Å²) in [7, 11) is 0. The molecule has 32 heavy (non-hydrogen) atoms. The van der Waals surface area contributed by atoms with E-state index in [4.69, 9.17) is 9.47 Å². The first kappa shape index (κ1) is 22.7. The molecule has 8 heteroatoms. The second kappa shape index (κ2) is 10.4. The van der Waals surface area contributed by atoms with E-state index in [1.54, 1.807) is 0 Å². The van der Waals surface area contributed by atoms with Gasteiger partial charge in [0.1, 0.15) is 0 Å². The lowest BCUT2D eigenvalue weighted by Crippen LogP contribution is -2.45. The smallest absolute Gasteiger partial charge is 0.255 e. The van der Waals surface area contributed by atoms with Crippen LogP contribution in [0.2, 0.25) is 0 Å². The van der Waals surface area contributed by atoms with E-state index in [1.165, 1.54) is 0 Å². The molecule has 0 aliphatic carbocycles. The minimum atomic E-state index is -0.542. The highest BCUT2D eigenvalue weighted by Gasteiger charge is 2.23. The van der Waals surface area contributed by atoms with Crippen molar-refractivity contribution in [1.82, 2.24) is 15.3 Å². The SMILES string of the molecule is CC1CNCCC1CCOc1nc(Nc2ccc(N3C[C@@H](C)O[C@@H](C)C3)cc2)ncc1F. The molecule has 3 heterocycles. The van der Waals surface area contributed by atoms with Crippen molar-refractivity contribution in [3.8, 4) is 5.88 Å². The number of nitrogens with zero attached hydrogens (tertiary/aromatic N) is 3. The zero-order chi connectivity index (χ0) is 22.5. The molecular formula is C24H34FN5O2. The van der Waals surface area contributed by atoms with Crippen LogP contribution in [0.4, 0.5) is 21.7 Å². The topological polar surface area (TPSA) is 71.5 Å². The summed E-state index contributed by atoms with van der Waals surface area (Å²) in [6.07, 6.45) is 3.60. The molecule has 1 aromatic heterocycles. The van der Waals surface area contributed by atoms with E-state index in [1.807, 2.05) is 12.1 Å². The summed E-state index contributed by atoms with van der Waals surface area (Å²) in [6.45, 7) is 10.7. The number of morpholine rings is 1. The van der Waals surface area contributed by atoms with E-state index < -0.39 is 5.82 Å². The lowest BCUT2D eigenvalue weighted by atomic mass is 9.86. The Morgan fingerprint density at radius 1 is 1.19 bits per heavy atom. The number of halogens is 1. The molecule has 2 N–H and O–H groups in total. The van der Waals surface area contributed by atoms with Crippen LogP contribution in [0.15, 0.2) is 30.5 Å². The van der Waals surface area contributed by atoms with E-state index in [0.29, 0.717) is 24.4 Å². The predicted molar refractivity (Wildman–Crippen MR) is 124 cm³/mol. The molecule has 174 valence electrons. The average molecular weight is 444 g/mol. The fraction of sp³-hybridized carbons (Fsp3) is 0.583. The second-order valence-electron chi connectivity index (χ2n) is 9.05. The van der Waals surface area contributed by atoms with Gasteiger partial charge in [-0.05, 0) is 75.9 Å². The largest absolute Gasteiger partial charge is 0.475 e. The van der Waals surface area contributed by atoms with Crippen molar-refractivity contribution in [2.45, 2.75) is 45.8 Å². The van der Waals surface area contributed by atoms with Crippen LogP contribution >= 0.6 is 0 Å². The zero-order valence-electron chi connectivity index (χ0n) is 19.2. The molecule has 2 aromatic rings. The van der Waals surface area contributed by atoms with E-state index in [9.17, 15) is 4.39 Å². The van der Waals surface area contributed by atoms with Gasteiger partial charge in [-0.2, -0.15) is 9.37 Å². The lowest BCUT2D eigenvalue weighted by molar-refractivity contribution is -0.00521. The summed E-state index contributed by atoms with van der Waals surface area (Å²) in [5, 5.41) is 6.55. The highest BCUT2D eigenvalue weighted by Crippen LogP contribution is 2.25. The van der Waals surface area contributed by atoms with Crippen molar-refractivity contribution in [3.05, 3.63) is 36.3 Å². The minimum Gasteiger partial charge on any atom is -0.475 e. The molecule has 0 spiro atoms. The number of benzene rings is 1. The molecule has 2 saturated heterocycles. The van der Waals surface area contributed by atoms with E-state index in [0.717, 1.165) is 56.6 Å². The van der Waals surface area contributed by atoms with Gasteiger partial charge < -0.3 is 25.0 Å². The van der Waals surface area contributed by atoms with Crippen LogP contribution in [0.3, 0.4) is 0 Å². The van der Waals surface area contributed by atoms with Crippen molar-refractivity contribution >= 4 is 17.3 Å². The molecule has 4 rings (SSSR count). The Bertz CT molecular complexity index is 871. The van der Waals surface area contributed by atoms with E-state index in [-0.39, 0.29) is 18.1 Å². The molecule has 2 fully saturated rings. The molecule has 7 nitrogen and oxygen atoms in total. The molecule has 0 saturated carbocycles. The summed E-state index contributed by atoms with van der Waals surface area (Å²) >= 11 is 0. The summed E-state index contributed by atoms with van der Waals surface area (Å²) in [5.74, 6) is 0.969. The van der Waals surface area contributed by atoms with Crippen molar-refractivity contribution in [2.24, 2.45) is 11.8 Å². The first-order valence-electron chi connectivity index (χ1n) is 11.6. The molecule has 4 atom stereocenters. The van der Waals surface area contributed by atoms with Crippen LogP contribution < -0.4 is 20.3 Å². The van der Waals surface area contributed by atoms with E-state index >= 15 is 0 Å². The number of ether oxygens (including phenoxy) is 2. The van der Waals surface area contributed by atoms with Gasteiger partial charge in [0.05, 0.1) is 25.0 Å². The van der Waals surface area contributed by atoms with Crippen molar-refractivity contribution < 1.29 is 13.9 Å². The second-order valence-corrected chi connectivity index (χ2v) is 9.05. The maximum Gasteiger partial charge on any atom is 0.255 e. The number of anilines is 3. The molecule has 0 bridgehead atoms. The Balaban J connectivity index is 1.34. The van der Waals surface area contributed by atoms with Crippen LogP contribution in [0, 0.1) is 17.7 Å². The molecule has 0 radical (unpaired) electrons. The van der Waals surface area contributed by atoms with Gasteiger partial charge in [-0.25, -0.2) is 4.98 Å². The molecule has 1 aromatic carbocycles. The minimum absolute atomic E-state index is 0.00278. The number of hydrogen-bond donors (Lipinski definition) is 2. The van der Waals surface area contributed by atoms with Gasteiger partial charge in [-0.3, -0.25) is 0 Å². The Morgan fingerprint density at radius 3 is 2.66 bits per heavy atom. The lowest BCUT2D eigenvalue weighted by Gasteiger charge is -2.36. The first-order valence-corrected chi connectivity index (χ1v) is 11.6. The van der Waals surface area contributed by atoms with Crippen LogP contribution in [0.5, 0.6) is 5.88 Å². The third-order valence-electron chi connectivity index (χ3n) is 6.31. The van der Waals surface area contributed by atoms with Crippen LogP contribution in [0.1, 0.15) is 33.6 Å². The Labute approximate surface area is 189 Å². The fourth-order valence-corrected chi connectivity index (χ4v) is 4.59. The molecule has 2 unspecified atom stereocenters. The Hall–Kier alpha value is -2.45. The standard InChI is InChI=1S/C24H34FN5O2/c1-16-12-26-10-8-19(16)9-11-31-23-22(25)13-27-24(29-23)28-20-4-6-21(7-5-20)30-14-17(2)32-18(3)15-30/h4-7,13,16-19,26H,8-12,14-15H2,1-3H3,(H,27,28,29)/t16?,17-,18+,19?. The highest BCUT2D eigenvalue weighted by molar-refractivity contribution is 5.59. The van der Waals surface area contributed by atoms with Crippen LogP contribution in [0.25, 0.3) is 0 Å². The van der Waals surface area contributed by atoms with Gasteiger partial charge >= 0.3 is 0 Å². The highest BCUT2D eigenvalue weighted by atomic mass is 19.1. The summed E-state index contributed by atoms with van der Waals surface area (Å²) in [4.78, 5) is 10.6. The van der Waals surface area contributed by atoms with Crippen molar-refractivity contribution in [2.75, 3.05) is 43.0 Å². The first-order chi connectivity index (χ1) is 15.5. The number of piperidine rings is 1. The van der Waals surface area contributed by atoms with Gasteiger partial charge in [-0.1, -0.05) is 6.92 Å². The van der Waals surface area contributed by atoms with Crippen LogP contribution in [-0.2, 0) is 4.74 Å². The quantitative estimate of drug-likeness (QED) is 0.670. The third kappa shape index (κ3) is 5.86. The number of nitrogens with one attached hydrogen (secondary N) is 2. The maximum absolute atomic E-state index is 14.2. The third-order valence-corrected chi connectivity index (χ3v) is 6.31. The van der Waals surface area contributed by atoms with Gasteiger partial charge in [0.2, 0.25) is 11.8 Å². The summed E-state index contributed by atoms with van der Waals surface area (Å²) < 4.78 is 25.7. The molecular weight excluding hydrogens is 409 g/mol. The average Bonchev–Trinajstić information content (AvgIpc) is 2.77. The fourth-order valence-electron chi connectivity index (χ4n) is 4.59. The van der Waals surface area contributed by atoms with Gasteiger partial charge in [-0.15, -0.1) is 0 Å².